The maximum atomic E-state index is 11.0. The van der Waals surface area contributed by atoms with Crippen molar-refractivity contribution in [3.05, 3.63) is 28.2 Å². The van der Waals surface area contributed by atoms with E-state index in [2.05, 4.69) is 22.9 Å². The third kappa shape index (κ3) is 3.72. The van der Waals surface area contributed by atoms with Gasteiger partial charge in [-0.15, -0.1) is 0 Å². The van der Waals surface area contributed by atoms with Crippen molar-refractivity contribution in [1.82, 2.24) is 0 Å². The summed E-state index contributed by atoms with van der Waals surface area (Å²) in [7, 11) is 0. The molecule has 16 heavy (non-hydrogen) atoms. The average molecular weight is 305 g/mol. The second kappa shape index (κ2) is 6.81. The third-order valence-electron chi connectivity index (χ3n) is 1.88. The molecule has 1 aromatic rings. The largest absolute Gasteiger partial charge is 0.491 e. The molecule has 0 aliphatic heterocycles. The monoisotopic (exact) mass is 304 g/mol. The van der Waals surface area contributed by atoms with E-state index in [4.69, 9.17) is 9.84 Å². The first-order chi connectivity index (χ1) is 7.66. The number of carboxylic acid groups (broad SMARTS) is 1. The van der Waals surface area contributed by atoms with Gasteiger partial charge < -0.3 is 9.84 Å². The van der Waals surface area contributed by atoms with Crippen LogP contribution >= 0.6 is 27.7 Å². The van der Waals surface area contributed by atoms with Crippen molar-refractivity contribution in [3.8, 4) is 5.75 Å². The Morgan fingerprint density at radius 3 is 2.94 bits per heavy atom. The first-order valence-corrected chi connectivity index (χ1v) is 6.84. The van der Waals surface area contributed by atoms with E-state index in [1.54, 1.807) is 23.9 Å². The predicted octanol–water partition coefficient (Wildman–Crippen LogP) is 3.28. The van der Waals surface area contributed by atoms with Gasteiger partial charge in [0.15, 0.2) is 0 Å². The Bertz CT molecular complexity index is 368. The van der Waals surface area contributed by atoms with Crippen LogP contribution in [0.1, 0.15) is 17.3 Å². The summed E-state index contributed by atoms with van der Waals surface area (Å²) in [5, 5.41) is 8.99. The fourth-order valence-corrected chi connectivity index (χ4v) is 2.14. The molecule has 0 aromatic heterocycles. The van der Waals surface area contributed by atoms with E-state index in [1.165, 1.54) is 6.07 Å². The molecule has 0 radical (unpaired) electrons. The number of carboxylic acids is 1. The predicted molar refractivity (Wildman–Crippen MR) is 69.6 cm³/mol. The van der Waals surface area contributed by atoms with Crippen molar-refractivity contribution in [2.45, 2.75) is 6.92 Å². The first-order valence-electron chi connectivity index (χ1n) is 4.89. The summed E-state index contributed by atoms with van der Waals surface area (Å²) in [6.45, 7) is 2.59. The van der Waals surface area contributed by atoms with Crippen LogP contribution in [-0.4, -0.2) is 29.2 Å². The molecule has 0 saturated heterocycles. The Morgan fingerprint density at radius 2 is 2.31 bits per heavy atom. The Morgan fingerprint density at radius 1 is 1.56 bits per heavy atom. The molecule has 5 heteroatoms. The summed E-state index contributed by atoms with van der Waals surface area (Å²) < 4.78 is 6.16. The Hall–Kier alpha value is -0.680. The Kier molecular flexibility index (Phi) is 5.69. The molecule has 0 aliphatic carbocycles. The maximum absolute atomic E-state index is 11.0. The topological polar surface area (TPSA) is 46.5 Å². The second-order valence-corrected chi connectivity index (χ2v) is 5.22. The molecular weight excluding hydrogens is 292 g/mol. The third-order valence-corrected chi connectivity index (χ3v) is 3.36. The number of para-hydroxylation sites is 1. The standard InChI is InChI=1S/C11H13BrO3S/c1-2-16-7-6-15-10-8(11(13)14)4-3-5-9(10)12/h3-5H,2,6-7H2,1H3,(H,13,14). The number of ether oxygens (including phenoxy) is 1. The zero-order valence-electron chi connectivity index (χ0n) is 8.90. The van der Waals surface area contributed by atoms with Crippen LogP contribution in [0.5, 0.6) is 5.75 Å². The van der Waals surface area contributed by atoms with Gasteiger partial charge >= 0.3 is 5.97 Å². The number of aromatic carboxylic acids is 1. The number of halogens is 1. The molecule has 1 N–H and O–H groups in total. The fourth-order valence-electron chi connectivity index (χ4n) is 1.17. The Labute approximate surface area is 107 Å². The van der Waals surface area contributed by atoms with E-state index in [0.29, 0.717) is 16.8 Å². The molecule has 1 aromatic carbocycles. The van der Waals surface area contributed by atoms with Crippen molar-refractivity contribution in [1.29, 1.82) is 0 Å². The first kappa shape index (κ1) is 13.4. The molecule has 1 rings (SSSR count). The maximum Gasteiger partial charge on any atom is 0.339 e. The lowest BCUT2D eigenvalue weighted by molar-refractivity contribution is 0.0692. The Balaban J connectivity index is 2.73. The summed E-state index contributed by atoms with van der Waals surface area (Å²) in [4.78, 5) is 11.0. The van der Waals surface area contributed by atoms with E-state index < -0.39 is 5.97 Å². The van der Waals surface area contributed by atoms with Crippen LogP contribution in [0.3, 0.4) is 0 Å². The highest BCUT2D eigenvalue weighted by Crippen LogP contribution is 2.29. The second-order valence-electron chi connectivity index (χ2n) is 2.97. The molecule has 0 bridgehead atoms. The molecule has 88 valence electrons. The summed E-state index contributed by atoms with van der Waals surface area (Å²) in [6.07, 6.45) is 0. The lowest BCUT2D eigenvalue weighted by Crippen LogP contribution is -2.06. The van der Waals surface area contributed by atoms with Crippen LogP contribution in [0.4, 0.5) is 0 Å². The van der Waals surface area contributed by atoms with Crippen LogP contribution in [0.2, 0.25) is 0 Å². The number of rotatable bonds is 6. The van der Waals surface area contributed by atoms with Crippen LogP contribution in [0.15, 0.2) is 22.7 Å². The van der Waals surface area contributed by atoms with Gasteiger partial charge in [0.2, 0.25) is 0 Å². The molecule has 3 nitrogen and oxygen atoms in total. The van der Waals surface area contributed by atoms with Gasteiger partial charge in [-0.25, -0.2) is 4.79 Å². The van der Waals surface area contributed by atoms with Gasteiger partial charge in [0.05, 0.1) is 11.1 Å². The summed E-state index contributed by atoms with van der Waals surface area (Å²) >= 11 is 5.05. The van der Waals surface area contributed by atoms with Gasteiger partial charge in [0.1, 0.15) is 11.3 Å². The number of hydrogen-bond acceptors (Lipinski definition) is 3. The smallest absolute Gasteiger partial charge is 0.339 e. The molecule has 0 fully saturated rings. The zero-order valence-corrected chi connectivity index (χ0v) is 11.3. The van der Waals surface area contributed by atoms with E-state index in [0.717, 1.165) is 11.5 Å². The molecule has 0 spiro atoms. The summed E-state index contributed by atoms with van der Waals surface area (Å²) in [5.74, 6) is 1.33. The van der Waals surface area contributed by atoms with Crippen LogP contribution < -0.4 is 4.74 Å². The minimum Gasteiger partial charge on any atom is -0.491 e. The van der Waals surface area contributed by atoms with E-state index in [1.807, 2.05) is 0 Å². The molecular formula is C11H13BrO3S. The van der Waals surface area contributed by atoms with Gasteiger partial charge in [-0.1, -0.05) is 13.0 Å². The van der Waals surface area contributed by atoms with Crippen LogP contribution in [0, 0.1) is 0 Å². The van der Waals surface area contributed by atoms with Crippen molar-refractivity contribution in [2.75, 3.05) is 18.1 Å². The average Bonchev–Trinajstić information content (AvgIpc) is 2.25. The van der Waals surface area contributed by atoms with Crippen molar-refractivity contribution >= 4 is 33.7 Å². The van der Waals surface area contributed by atoms with Crippen molar-refractivity contribution in [2.24, 2.45) is 0 Å². The van der Waals surface area contributed by atoms with E-state index in [9.17, 15) is 4.79 Å². The van der Waals surface area contributed by atoms with Gasteiger partial charge in [0.25, 0.3) is 0 Å². The van der Waals surface area contributed by atoms with Gasteiger partial charge in [-0.2, -0.15) is 11.8 Å². The zero-order chi connectivity index (χ0) is 12.0. The molecule has 0 atom stereocenters. The normalized spacial score (nSPS) is 10.1. The molecule has 0 amide bonds. The minimum atomic E-state index is -0.973. The summed E-state index contributed by atoms with van der Waals surface area (Å²) in [5.41, 5.74) is 0.191. The number of thioether (sulfide) groups is 1. The number of benzene rings is 1. The van der Waals surface area contributed by atoms with E-state index >= 15 is 0 Å². The van der Waals surface area contributed by atoms with Crippen molar-refractivity contribution in [3.63, 3.8) is 0 Å². The molecule has 0 unspecified atom stereocenters. The molecule has 0 saturated carbocycles. The number of carbonyl (C=O) groups is 1. The lowest BCUT2D eigenvalue weighted by Gasteiger charge is -2.10. The minimum absolute atomic E-state index is 0.191. The molecule has 0 aliphatic rings. The van der Waals surface area contributed by atoms with Gasteiger partial charge in [0, 0.05) is 5.75 Å². The highest BCUT2D eigenvalue weighted by molar-refractivity contribution is 9.10. The van der Waals surface area contributed by atoms with Gasteiger partial charge in [-0.05, 0) is 33.8 Å². The number of hydrogen-bond donors (Lipinski definition) is 1. The summed E-state index contributed by atoms with van der Waals surface area (Å²) in [6, 6.07) is 4.99. The molecule has 0 heterocycles. The lowest BCUT2D eigenvalue weighted by atomic mass is 10.2. The van der Waals surface area contributed by atoms with E-state index in [-0.39, 0.29) is 5.56 Å². The van der Waals surface area contributed by atoms with Crippen LogP contribution in [0.25, 0.3) is 0 Å². The highest BCUT2D eigenvalue weighted by atomic mass is 79.9. The fraction of sp³-hybridized carbons (Fsp3) is 0.364. The van der Waals surface area contributed by atoms with Crippen LogP contribution in [-0.2, 0) is 0 Å². The van der Waals surface area contributed by atoms with Crippen molar-refractivity contribution < 1.29 is 14.6 Å². The SMILES string of the molecule is CCSCCOc1c(Br)cccc1C(=O)O. The highest BCUT2D eigenvalue weighted by Gasteiger charge is 2.13. The quantitative estimate of drug-likeness (QED) is 0.819. The van der Waals surface area contributed by atoms with Gasteiger partial charge in [-0.3, -0.25) is 0 Å².